The van der Waals surface area contributed by atoms with Crippen LogP contribution in [0.25, 0.3) is 0 Å². The number of amides is 1. The zero-order valence-corrected chi connectivity index (χ0v) is 10.3. The first-order valence-electron chi connectivity index (χ1n) is 6.01. The molecule has 0 aromatic heterocycles. The van der Waals surface area contributed by atoms with Crippen molar-refractivity contribution >= 4 is 11.6 Å². The van der Waals surface area contributed by atoms with Gasteiger partial charge in [-0.2, -0.15) is 0 Å². The Morgan fingerprint density at radius 1 is 1.41 bits per heavy atom. The van der Waals surface area contributed by atoms with Crippen LogP contribution in [0.5, 0.6) is 5.75 Å². The van der Waals surface area contributed by atoms with Crippen molar-refractivity contribution in [1.82, 2.24) is 5.32 Å². The molecule has 0 spiro atoms. The molecule has 0 saturated heterocycles. The Kier molecular flexibility index (Phi) is 3.64. The third-order valence-corrected chi connectivity index (χ3v) is 2.84. The summed E-state index contributed by atoms with van der Waals surface area (Å²) < 4.78 is 5.57. The predicted octanol–water partition coefficient (Wildman–Crippen LogP) is 1.41. The number of carbonyl (C=O) groups excluding carboxylic acids is 1. The summed E-state index contributed by atoms with van der Waals surface area (Å²) in [6.07, 6.45) is -0.397. The molecule has 1 aliphatic heterocycles. The minimum absolute atomic E-state index is 0.0293. The molecule has 2 rings (SSSR count). The van der Waals surface area contributed by atoms with E-state index in [1.165, 1.54) is 0 Å². The van der Waals surface area contributed by atoms with Crippen LogP contribution in [0.3, 0.4) is 0 Å². The smallest absolute Gasteiger partial charge is 0.267 e. The summed E-state index contributed by atoms with van der Waals surface area (Å²) >= 11 is 0. The number of rotatable bonds is 4. The van der Waals surface area contributed by atoms with E-state index >= 15 is 0 Å². The van der Waals surface area contributed by atoms with Gasteiger partial charge in [-0.1, -0.05) is 19.1 Å². The van der Waals surface area contributed by atoms with Crippen LogP contribution < -0.4 is 15.0 Å². The van der Waals surface area contributed by atoms with E-state index in [2.05, 4.69) is 12.2 Å². The van der Waals surface area contributed by atoms with Gasteiger partial charge in [0, 0.05) is 13.1 Å². The number of likely N-dealkylation sites (N-methyl/N-ethyl adjacent to an activating group) is 1. The van der Waals surface area contributed by atoms with Crippen LogP contribution in [0.4, 0.5) is 5.69 Å². The molecule has 1 heterocycles. The average molecular weight is 234 g/mol. The third kappa shape index (κ3) is 2.42. The first kappa shape index (κ1) is 11.9. The number of ether oxygens (including phenoxy) is 1. The molecule has 1 aliphatic rings. The number of nitrogens with one attached hydrogen (secondary N) is 1. The molecular weight excluding hydrogens is 216 g/mol. The van der Waals surface area contributed by atoms with Crippen LogP contribution >= 0.6 is 0 Å². The number of hydrogen-bond donors (Lipinski definition) is 1. The second kappa shape index (κ2) is 5.19. The van der Waals surface area contributed by atoms with Crippen LogP contribution in [0, 0.1) is 0 Å². The van der Waals surface area contributed by atoms with Crippen molar-refractivity contribution in [3.05, 3.63) is 24.3 Å². The van der Waals surface area contributed by atoms with E-state index in [0.29, 0.717) is 6.54 Å². The summed E-state index contributed by atoms with van der Waals surface area (Å²) in [5.41, 5.74) is 0.869. The van der Waals surface area contributed by atoms with Gasteiger partial charge in [0.15, 0.2) is 6.10 Å². The lowest BCUT2D eigenvalue weighted by molar-refractivity contribution is -0.125. The molecule has 0 radical (unpaired) electrons. The maximum absolute atomic E-state index is 12.1. The van der Waals surface area contributed by atoms with Gasteiger partial charge < -0.3 is 15.0 Å². The van der Waals surface area contributed by atoms with Crippen molar-refractivity contribution in [3.8, 4) is 5.75 Å². The molecule has 92 valence electrons. The van der Waals surface area contributed by atoms with Gasteiger partial charge in [0.25, 0.3) is 5.91 Å². The first-order chi connectivity index (χ1) is 8.24. The van der Waals surface area contributed by atoms with Gasteiger partial charge in [-0.05, 0) is 25.6 Å². The molecule has 17 heavy (non-hydrogen) atoms. The number of anilines is 1. The maximum atomic E-state index is 12.1. The highest BCUT2D eigenvalue weighted by Gasteiger charge is 2.30. The summed E-state index contributed by atoms with van der Waals surface area (Å²) in [6, 6.07) is 7.67. The highest BCUT2D eigenvalue weighted by molar-refractivity contribution is 5.99. The maximum Gasteiger partial charge on any atom is 0.267 e. The van der Waals surface area contributed by atoms with E-state index in [4.69, 9.17) is 4.74 Å². The summed E-state index contributed by atoms with van der Waals surface area (Å²) in [5.74, 6) is 0.817. The van der Waals surface area contributed by atoms with Crippen LogP contribution in [-0.4, -0.2) is 31.6 Å². The van der Waals surface area contributed by atoms with E-state index in [-0.39, 0.29) is 5.91 Å². The van der Waals surface area contributed by atoms with E-state index in [1.54, 1.807) is 11.8 Å². The number of nitrogens with zero attached hydrogens (tertiary/aromatic N) is 1. The summed E-state index contributed by atoms with van der Waals surface area (Å²) in [5, 5.41) is 3.23. The average Bonchev–Trinajstić information content (AvgIpc) is 2.34. The van der Waals surface area contributed by atoms with Gasteiger partial charge in [-0.3, -0.25) is 4.79 Å². The molecule has 1 atom stereocenters. The van der Waals surface area contributed by atoms with Gasteiger partial charge in [0.1, 0.15) is 5.75 Å². The number of carbonyl (C=O) groups is 1. The molecule has 1 N–H and O–H groups in total. The molecular formula is C13H18N2O2. The van der Waals surface area contributed by atoms with E-state index < -0.39 is 6.10 Å². The molecule has 0 saturated carbocycles. The Morgan fingerprint density at radius 2 is 2.18 bits per heavy atom. The Labute approximate surface area is 102 Å². The van der Waals surface area contributed by atoms with E-state index in [1.807, 2.05) is 24.3 Å². The highest BCUT2D eigenvalue weighted by Crippen LogP contribution is 2.33. The Hall–Kier alpha value is -1.55. The lowest BCUT2D eigenvalue weighted by atomic mass is 10.2. The number of benzene rings is 1. The normalized spacial score (nSPS) is 18.8. The van der Waals surface area contributed by atoms with Crippen LogP contribution in [0.15, 0.2) is 24.3 Å². The largest absolute Gasteiger partial charge is 0.479 e. The predicted molar refractivity (Wildman–Crippen MR) is 67.4 cm³/mol. The summed E-state index contributed by atoms with van der Waals surface area (Å²) in [7, 11) is 0. The standard InChI is InChI=1S/C13H18N2O2/c1-3-14-8-9-15-11-6-4-5-7-12(11)17-10(2)13(15)16/h4-7,10,14H,3,8-9H2,1-2H3. The fraction of sp³-hybridized carbons (Fsp3) is 0.462. The molecule has 0 bridgehead atoms. The van der Waals surface area contributed by atoms with Crippen molar-refractivity contribution < 1.29 is 9.53 Å². The van der Waals surface area contributed by atoms with Gasteiger partial charge >= 0.3 is 0 Å². The highest BCUT2D eigenvalue weighted by atomic mass is 16.5. The third-order valence-electron chi connectivity index (χ3n) is 2.84. The number of fused-ring (bicyclic) bond motifs is 1. The van der Waals surface area contributed by atoms with E-state index in [9.17, 15) is 4.79 Å². The topological polar surface area (TPSA) is 41.6 Å². The van der Waals surface area contributed by atoms with Gasteiger partial charge in [0.2, 0.25) is 0 Å². The van der Waals surface area contributed by atoms with E-state index in [0.717, 1.165) is 24.5 Å². The van der Waals surface area contributed by atoms with Crippen LogP contribution in [-0.2, 0) is 4.79 Å². The zero-order valence-electron chi connectivity index (χ0n) is 10.3. The summed E-state index contributed by atoms with van der Waals surface area (Å²) in [6.45, 7) is 6.23. The molecule has 0 fully saturated rings. The second-order valence-electron chi connectivity index (χ2n) is 4.07. The summed E-state index contributed by atoms with van der Waals surface area (Å²) in [4.78, 5) is 13.9. The molecule has 4 heteroatoms. The lowest BCUT2D eigenvalue weighted by Gasteiger charge is -2.33. The SMILES string of the molecule is CCNCCN1C(=O)C(C)Oc2ccccc21. The van der Waals surface area contributed by atoms with Gasteiger partial charge in [-0.25, -0.2) is 0 Å². The van der Waals surface area contributed by atoms with Crippen molar-refractivity contribution in [1.29, 1.82) is 0 Å². The quantitative estimate of drug-likeness (QED) is 0.801. The molecule has 4 nitrogen and oxygen atoms in total. The molecule has 1 aromatic carbocycles. The molecule has 1 unspecified atom stereocenters. The Balaban J connectivity index is 2.20. The minimum Gasteiger partial charge on any atom is -0.479 e. The fourth-order valence-electron chi connectivity index (χ4n) is 1.96. The van der Waals surface area contributed by atoms with Crippen molar-refractivity contribution in [2.45, 2.75) is 20.0 Å². The van der Waals surface area contributed by atoms with Crippen molar-refractivity contribution in [3.63, 3.8) is 0 Å². The lowest BCUT2D eigenvalue weighted by Crippen LogP contribution is -2.46. The van der Waals surface area contributed by atoms with Crippen LogP contribution in [0.2, 0.25) is 0 Å². The van der Waals surface area contributed by atoms with Crippen molar-refractivity contribution in [2.75, 3.05) is 24.5 Å². The molecule has 1 aromatic rings. The van der Waals surface area contributed by atoms with Crippen molar-refractivity contribution in [2.24, 2.45) is 0 Å². The second-order valence-corrected chi connectivity index (χ2v) is 4.07. The zero-order chi connectivity index (χ0) is 12.3. The molecule has 1 amide bonds. The first-order valence-corrected chi connectivity index (χ1v) is 6.01. The monoisotopic (exact) mass is 234 g/mol. The number of hydrogen-bond acceptors (Lipinski definition) is 3. The Bertz CT molecular complexity index is 406. The molecule has 0 aliphatic carbocycles. The number of para-hydroxylation sites is 2. The fourth-order valence-corrected chi connectivity index (χ4v) is 1.96. The van der Waals surface area contributed by atoms with Gasteiger partial charge in [0.05, 0.1) is 5.69 Å². The van der Waals surface area contributed by atoms with Crippen LogP contribution in [0.1, 0.15) is 13.8 Å². The minimum atomic E-state index is -0.397. The van der Waals surface area contributed by atoms with Gasteiger partial charge in [-0.15, -0.1) is 0 Å². The Morgan fingerprint density at radius 3 is 2.94 bits per heavy atom.